The van der Waals surface area contributed by atoms with Gasteiger partial charge in [-0.05, 0) is 56.7 Å². The van der Waals surface area contributed by atoms with Crippen molar-refractivity contribution in [2.24, 2.45) is 0 Å². The number of halogens is 1. The minimum atomic E-state index is -0.323. The fraction of sp³-hybridized carbons (Fsp3) is 0.273. The van der Waals surface area contributed by atoms with Gasteiger partial charge in [-0.3, -0.25) is 13.9 Å². The van der Waals surface area contributed by atoms with Gasteiger partial charge in [0.1, 0.15) is 6.54 Å². The monoisotopic (exact) mass is 439 g/mol. The molecule has 2 aromatic heterocycles. The zero-order chi connectivity index (χ0) is 22.3. The Morgan fingerprint density at radius 1 is 1.16 bits per heavy atom. The Kier molecular flexibility index (Phi) is 5.41. The van der Waals surface area contributed by atoms with Crippen LogP contribution in [-0.2, 0) is 11.3 Å². The summed E-state index contributed by atoms with van der Waals surface area (Å²) in [5.74, 6) is 0.550. The fourth-order valence-corrected chi connectivity index (χ4v) is 3.72. The first-order valence-electron chi connectivity index (χ1n) is 9.86. The summed E-state index contributed by atoms with van der Waals surface area (Å²) < 4.78 is 8.19. The van der Waals surface area contributed by atoms with Crippen molar-refractivity contribution in [1.29, 1.82) is 0 Å². The van der Waals surface area contributed by atoms with Crippen LogP contribution in [0.5, 0.6) is 0 Å². The molecular weight excluding hydrogens is 418 g/mol. The number of anilines is 1. The lowest BCUT2D eigenvalue weighted by Gasteiger charge is -2.09. The molecule has 2 aromatic carbocycles. The number of imidazole rings is 1. The fourth-order valence-electron chi connectivity index (χ4n) is 3.55. The Hall–Kier alpha value is -3.39. The van der Waals surface area contributed by atoms with Gasteiger partial charge in [-0.1, -0.05) is 22.8 Å². The first-order valence-corrected chi connectivity index (χ1v) is 10.2. The molecule has 4 aromatic rings. The van der Waals surface area contributed by atoms with Gasteiger partial charge in [0.25, 0.3) is 0 Å². The van der Waals surface area contributed by atoms with Gasteiger partial charge >= 0.3 is 5.69 Å². The lowest BCUT2D eigenvalue weighted by atomic mass is 10.2. The van der Waals surface area contributed by atoms with Crippen molar-refractivity contribution in [3.63, 3.8) is 0 Å². The minimum absolute atomic E-state index is 0.0762. The Morgan fingerprint density at radius 3 is 2.61 bits per heavy atom. The SMILES string of the molecule is Cc1nc(-c2ccc3c(c2)n(CC(=O)Nc2cc(Cl)ccc2C)c(=O)n3C(C)C)no1. The van der Waals surface area contributed by atoms with E-state index in [1.165, 1.54) is 4.57 Å². The molecule has 0 fully saturated rings. The summed E-state index contributed by atoms with van der Waals surface area (Å²) in [4.78, 5) is 30.2. The molecule has 1 amide bonds. The molecule has 1 N–H and O–H groups in total. The molecule has 0 aliphatic heterocycles. The third-order valence-corrected chi connectivity index (χ3v) is 5.28. The van der Waals surface area contributed by atoms with Crippen LogP contribution in [0.25, 0.3) is 22.4 Å². The van der Waals surface area contributed by atoms with Gasteiger partial charge < -0.3 is 9.84 Å². The number of hydrogen-bond acceptors (Lipinski definition) is 5. The van der Waals surface area contributed by atoms with Crippen LogP contribution in [0.2, 0.25) is 5.02 Å². The summed E-state index contributed by atoms with van der Waals surface area (Å²) in [7, 11) is 0. The van der Waals surface area contributed by atoms with Gasteiger partial charge in [-0.2, -0.15) is 4.98 Å². The minimum Gasteiger partial charge on any atom is -0.339 e. The highest BCUT2D eigenvalue weighted by Gasteiger charge is 2.19. The van der Waals surface area contributed by atoms with E-state index < -0.39 is 0 Å². The largest absolute Gasteiger partial charge is 0.339 e. The number of hydrogen-bond donors (Lipinski definition) is 1. The highest BCUT2D eigenvalue weighted by atomic mass is 35.5. The maximum Gasteiger partial charge on any atom is 0.329 e. The van der Waals surface area contributed by atoms with Crippen LogP contribution in [0.1, 0.15) is 31.3 Å². The lowest BCUT2D eigenvalue weighted by Crippen LogP contribution is -2.30. The average molecular weight is 440 g/mol. The standard InChI is InChI=1S/C22H22ClN5O3/c1-12(2)28-18-8-6-15(21-24-14(4)31-26-21)9-19(18)27(22(28)30)11-20(29)25-17-10-16(23)7-5-13(17)3/h5-10,12H,11H2,1-4H3,(H,25,29). The molecular formula is C22H22ClN5O3. The van der Waals surface area contributed by atoms with Gasteiger partial charge in [0.15, 0.2) is 0 Å². The summed E-state index contributed by atoms with van der Waals surface area (Å²) in [6.07, 6.45) is 0. The van der Waals surface area contributed by atoms with E-state index in [1.54, 1.807) is 29.7 Å². The van der Waals surface area contributed by atoms with E-state index in [2.05, 4.69) is 15.5 Å². The van der Waals surface area contributed by atoms with Gasteiger partial charge in [0.05, 0.1) is 11.0 Å². The van der Waals surface area contributed by atoms with Crippen LogP contribution >= 0.6 is 11.6 Å². The van der Waals surface area contributed by atoms with Crippen molar-refractivity contribution in [2.75, 3.05) is 5.32 Å². The highest BCUT2D eigenvalue weighted by Crippen LogP contribution is 2.25. The summed E-state index contributed by atoms with van der Waals surface area (Å²) in [6, 6.07) is 10.7. The number of carbonyl (C=O) groups excluding carboxylic acids is 1. The van der Waals surface area contributed by atoms with Crippen LogP contribution in [0, 0.1) is 13.8 Å². The second-order valence-corrected chi connectivity index (χ2v) is 8.12. The van der Waals surface area contributed by atoms with E-state index in [-0.39, 0.29) is 24.2 Å². The normalized spacial score (nSPS) is 11.4. The molecule has 160 valence electrons. The molecule has 0 aliphatic carbocycles. The number of carbonyl (C=O) groups is 1. The number of amides is 1. The first-order chi connectivity index (χ1) is 14.7. The molecule has 9 heteroatoms. The molecule has 2 heterocycles. The molecule has 0 unspecified atom stereocenters. The number of aryl methyl sites for hydroxylation is 2. The van der Waals surface area contributed by atoms with Crippen LogP contribution in [-0.4, -0.2) is 25.2 Å². The molecule has 0 radical (unpaired) electrons. The summed E-state index contributed by atoms with van der Waals surface area (Å²) in [5.41, 5.74) is 3.28. The maximum atomic E-state index is 13.2. The highest BCUT2D eigenvalue weighted by molar-refractivity contribution is 6.31. The van der Waals surface area contributed by atoms with Crippen LogP contribution in [0.4, 0.5) is 5.69 Å². The van der Waals surface area contributed by atoms with Gasteiger partial charge in [0.2, 0.25) is 17.6 Å². The van der Waals surface area contributed by atoms with Crippen molar-refractivity contribution in [3.8, 4) is 11.4 Å². The van der Waals surface area contributed by atoms with Gasteiger partial charge in [-0.15, -0.1) is 0 Å². The number of nitrogens with zero attached hydrogens (tertiary/aromatic N) is 4. The second kappa shape index (κ2) is 8.03. The van der Waals surface area contributed by atoms with Crippen LogP contribution < -0.4 is 11.0 Å². The van der Waals surface area contributed by atoms with Crippen molar-refractivity contribution in [1.82, 2.24) is 19.3 Å². The quantitative estimate of drug-likeness (QED) is 0.499. The van der Waals surface area contributed by atoms with Gasteiger partial charge in [-0.25, -0.2) is 4.79 Å². The summed E-state index contributed by atoms with van der Waals surface area (Å²) >= 11 is 6.05. The Morgan fingerprint density at radius 2 is 1.94 bits per heavy atom. The lowest BCUT2D eigenvalue weighted by molar-refractivity contribution is -0.116. The predicted octanol–water partition coefficient (Wildman–Crippen LogP) is 4.34. The molecule has 0 spiro atoms. The predicted molar refractivity (Wildman–Crippen MR) is 119 cm³/mol. The smallest absolute Gasteiger partial charge is 0.329 e. The maximum absolute atomic E-state index is 13.2. The number of nitrogens with one attached hydrogen (secondary N) is 1. The molecule has 0 bridgehead atoms. The Labute approximate surface area is 183 Å². The summed E-state index contributed by atoms with van der Waals surface area (Å²) in [6.45, 7) is 7.30. The van der Waals surface area contributed by atoms with Crippen molar-refractivity contribution in [2.45, 2.75) is 40.3 Å². The molecule has 0 atom stereocenters. The molecule has 8 nitrogen and oxygen atoms in total. The van der Waals surface area contributed by atoms with E-state index in [4.69, 9.17) is 16.1 Å². The first kappa shape index (κ1) is 20.9. The molecule has 0 saturated carbocycles. The average Bonchev–Trinajstić information content (AvgIpc) is 3.26. The number of benzene rings is 2. The number of fused-ring (bicyclic) bond motifs is 1. The second-order valence-electron chi connectivity index (χ2n) is 7.68. The zero-order valence-electron chi connectivity index (χ0n) is 17.6. The van der Waals surface area contributed by atoms with Gasteiger partial charge in [0, 0.05) is 29.2 Å². The van der Waals surface area contributed by atoms with E-state index in [0.717, 1.165) is 11.1 Å². The number of aromatic nitrogens is 4. The third kappa shape index (κ3) is 3.98. The zero-order valence-corrected chi connectivity index (χ0v) is 18.4. The topological polar surface area (TPSA) is 95.0 Å². The third-order valence-electron chi connectivity index (χ3n) is 5.04. The van der Waals surface area contributed by atoms with E-state index >= 15 is 0 Å². The Bertz CT molecular complexity index is 1350. The van der Waals surface area contributed by atoms with Crippen molar-refractivity contribution < 1.29 is 9.32 Å². The van der Waals surface area contributed by atoms with E-state index in [1.807, 2.05) is 39.0 Å². The summed E-state index contributed by atoms with van der Waals surface area (Å²) in [5, 5.41) is 7.32. The van der Waals surface area contributed by atoms with Crippen molar-refractivity contribution >= 4 is 34.2 Å². The molecule has 31 heavy (non-hydrogen) atoms. The molecule has 4 rings (SSSR count). The molecule has 0 aliphatic rings. The Balaban J connectivity index is 1.76. The van der Waals surface area contributed by atoms with Crippen LogP contribution in [0.15, 0.2) is 45.7 Å². The van der Waals surface area contributed by atoms with E-state index in [0.29, 0.717) is 33.5 Å². The van der Waals surface area contributed by atoms with E-state index in [9.17, 15) is 9.59 Å². The van der Waals surface area contributed by atoms with Crippen molar-refractivity contribution in [3.05, 3.63) is 63.4 Å². The van der Waals surface area contributed by atoms with Crippen LogP contribution in [0.3, 0.4) is 0 Å². The molecule has 0 saturated heterocycles. The number of rotatable bonds is 5.